The smallest absolute Gasteiger partial charge is 0.351 e. The van der Waals surface area contributed by atoms with Gasteiger partial charge in [-0.1, -0.05) is 18.2 Å². The van der Waals surface area contributed by atoms with Crippen molar-refractivity contribution in [3.05, 3.63) is 67.9 Å². The van der Waals surface area contributed by atoms with Crippen molar-refractivity contribution in [2.24, 2.45) is 0 Å². The molecule has 0 aliphatic rings. The first kappa shape index (κ1) is 19.4. The van der Waals surface area contributed by atoms with E-state index in [-0.39, 0.29) is 5.91 Å². The molecule has 0 aliphatic heterocycles. The molecule has 0 saturated heterocycles. The van der Waals surface area contributed by atoms with Crippen LogP contribution in [0.3, 0.4) is 0 Å². The van der Waals surface area contributed by atoms with Crippen LogP contribution in [0.1, 0.15) is 20.0 Å². The molecular formula is C20H16INO4S. The molecule has 5 nitrogen and oxygen atoms in total. The fourth-order valence-corrected chi connectivity index (χ4v) is 4.05. The average Bonchev–Trinajstić information content (AvgIpc) is 3.12. The van der Waals surface area contributed by atoms with E-state index in [0.29, 0.717) is 21.9 Å². The van der Waals surface area contributed by atoms with Crippen LogP contribution in [0.2, 0.25) is 0 Å². The number of benzene rings is 2. The first-order chi connectivity index (χ1) is 13.0. The van der Waals surface area contributed by atoms with E-state index in [1.807, 2.05) is 47.8 Å². The molecule has 1 amide bonds. The van der Waals surface area contributed by atoms with Crippen LogP contribution in [0.25, 0.3) is 11.1 Å². The third-order valence-electron chi connectivity index (χ3n) is 3.86. The van der Waals surface area contributed by atoms with Crippen LogP contribution in [-0.2, 0) is 4.74 Å². The van der Waals surface area contributed by atoms with Crippen molar-refractivity contribution in [1.29, 1.82) is 0 Å². The Morgan fingerprint density at radius 3 is 2.44 bits per heavy atom. The second-order valence-electron chi connectivity index (χ2n) is 5.55. The Kier molecular flexibility index (Phi) is 6.12. The number of thiophene rings is 1. The van der Waals surface area contributed by atoms with Gasteiger partial charge in [-0.25, -0.2) is 4.79 Å². The Morgan fingerprint density at radius 1 is 1.07 bits per heavy atom. The van der Waals surface area contributed by atoms with Gasteiger partial charge in [0.05, 0.1) is 14.2 Å². The predicted molar refractivity (Wildman–Crippen MR) is 115 cm³/mol. The third-order valence-corrected chi connectivity index (χ3v) is 5.47. The molecule has 0 unspecified atom stereocenters. The van der Waals surface area contributed by atoms with Gasteiger partial charge in [0, 0.05) is 25.8 Å². The standard InChI is InChI=1S/C20H16INO4S/c1-25-17-16(11-27-18(17)20(24)26-2)12-6-8-15(9-7-12)22-19(23)13-4-3-5-14(21)10-13/h3-11H,1-2H3,(H,22,23). The monoisotopic (exact) mass is 493 g/mol. The molecule has 1 N–H and O–H groups in total. The lowest BCUT2D eigenvalue weighted by Crippen LogP contribution is -2.11. The van der Waals surface area contributed by atoms with E-state index in [4.69, 9.17) is 9.47 Å². The summed E-state index contributed by atoms with van der Waals surface area (Å²) in [6.07, 6.45) is 0. The van der Waals surface area contributed by atoms with Gasteiger partial charge in [-0.15, -0.1) is 11.3 Å². The molecule has 1 heterocycles. The number of hydrogen-bond acceptors (Lipinski definition) is 5. The van der Waals surface area contributed by atoms with Crippen LogP contribution < -0.4 is 10.1 Å². The van der Waals surface area contributed by atoms with E-state index < -0.39 is 5.97 Å². The van der Waals surface area contributed by atoms with Crippen molar-refractivity contribution < 1.29 is 19.1 Å². The summed E-state index contributed by atoms with van der Waals surface area (Å²) in [5.41, 5.74) is 2.97. The highest BCUT2D eigenvalue weighted by molar-refractivity contribution is 14.1. The minimum atomic E-state index is -0.426. The third kappa shape index (κ3) is 4.30. The summed E-state index contributed by atoms with van der Waals surface area (Å²) in [5, 5.41) is 4.73. The summed E-state index contributed by atoms with van der Waals surface area (Å²) in [6, 6.07) is 14.8. The average molecular weight is 493 g/mol. The van der Waals surface area contributed by atoms with Crippen LogP contribution in [0.4, 0.5) is 5.69 Å². The fourth-order valence-electron chi connectivity index (χ4n) is 2.55. The number of carbonyl (C=O) groups excluding carboxylic acids is 2. The number of esters is 1. The van der Waals surface area contributed by atoms with Gasteiger partial charge in [0.2, 0.25) is 0 Å². The molecule has 0 saturated carbocycles. The lowest BCUT2D eigenvalue weighted by atomic mass is 10.1. The molecule has 1 aromatic heterocycles. The van der Waals surface area contributed by atoms with Crippen molar-refractivity contribution in [3.8, 4) is 16.9 Å². The van der Waals surface area contributed by atoms with Crippen molar-refractivity contribution in [3.63, 3.8) is 0 Å². The van der Waals surface area contributed by atoms with Gasteiger partial charge in [0.15, 0.2) is 10.6 Å². The minimum absolute atomic E-state index is 0.164. The lowest BCUT2D eigenvalue weighted by Gasteiger charge is -2.08. The van der Waals surface area contributed by atoms with Crippen molar-refractivity contribution in [2.75, 3.05) is 19.5 Å². The molecule has 0 fully saturated rings. The van der Waals surface area contributed by atoms with Crippen LogP contribution in [0.5, 0.6) is 5.75 Å². The zero-order valence-corrected chi connectivity index (χ0v) is 17.6. The van der Waals surface area contributed by atoms with E-state index in [1.165, 1.54) is 25.6 Å². The van der Waals surface area contributed by atoms with Gasteiger partial charge in [0.1, 0.15) is 0 Å². The van der Waals surface area contributed by atoms with Gasteiger partial charge < -0.3 is 14.8 Å². The fraction of sp³-hybridized carbons (Fsp3) is 0.100. The molecule has 138 valence electrons. The number of carbonyl (C=O) groups is 2. The van der Waals surface area contributed by atoms with Crippen LogP contribution in [-0.4, -0.2) is 26.1 Å². The Balaban J connectivity index is 1.81. The first-order valence-electron chi connectivity index (χ1n) is 7.94. The topological polar surface area (TPSA) is 64.6 Å². The molecule has 0 aliphatic carbocycles. The summed E-state index contributed by atoms with van der Waals surface area (Å²) >= 11 is 3.44. The van der Waals surface area contributed by atoms with E-state index in [9.17, 15) is 9.59 Å². The zero-order valence-electron chi connectivity index (χ0n) is 14.6. The van der Waals surface area contributed by atoms with Crippen LogP contribution in [0.15, 0.2) is 53.9 Å². The van der Waals surface area contributed by atoms with Gasteiger partial charge in [-0.05, 0) is 58.5 Å². The molecule has 3 aromatic rings. The summed E-state index contributed by atoms with van der Waals surface area (Å²) < 4.78 is 11.2. The van der Waals surface area contributed by atoms with E-state index in [2.05, 4.69) is 27.9 Å². The molecular weight excluding hydrogens is 477 g/mol. The second kappa shape index (κ2) is 8.53. The maximum absolute atomic E-state index is 12.3. The van der Waals surface area contributed by atoms with Crippen molar-refractivity contribution in [1.82, 2.24) is 0 Å². The SMILES string of the molecule is COC(=O)c1scc(-c2ccc(NC(=O)c3cccc(I)c3)cc2)c1OC. The summed E-state index contributed by atoms with van der Waals surface area (Å²) in [7, 11) is 2.86. The number of halogens is 1. The van der Waals surface area contributed by atoms with Gasteiger partial charge in [-0.3, -0.25) is 4.79 Å². The minimum Gasteiger partial charge on any atom is -0.494 e. The maximum Gasteiger partial charge on any atom is 0.351 e. The van der Waals surface area contributed by atoms with Crippen molar-refractivity contribution >= 4 is 51.5 Å². The van der Waals surface area contributed by atoms with Crippen LogP contribution in [0, 0.1) is 3.57 Å². The number of ether oxygens (including phenoxy) is 2. The molecule has 3 rings (SSSR count). The summed E-state index contributed by atoms with van der Waals surface area (Å²) in [6.45, 7) is 0. The second-order valence-corrected chi connectivity index (χ2v) is 7.67. The van der Waals surface area contributed by atoms with E-state index in [1.54, 1.807) is 6.07 Å². The number of nitrogens with one attached hydrogen (secondary N) is 1. The van der Waals surface area contributed by atoms with Gasteiger partial charge in [-0.2, -0.15) is 0 Å². The highest BCUT2D eigenvalue weighted by Crippen LogP contribution is 2.39. The highest BCUT2D eigenvalue weighted by Gasteiger charge is 2.20. The molecule has 0 radical (unpaired) electrons. The van der Waals surface area contributed by atoms with Gasteiger partial charge >= 0.3 is 5.97 Å². The number of hydrogen-bond donors (Lipinski definition) is 1. The quantitative estimate of drug-likeness (QED) is 0.399. The zero-order chi connectivity index (χ0) is 19.4. The van der Waals surface area contributed by atoms with Crippen LogP contribution >= 0.6 is 33.9 Å². The number of amides is 1. The van der Waals surface area contributed by atoms with E-state index in [0.717, 1.165) is 14.7 Å². The lowest BCUT2D eigenvalue weighted by molar-refractivity contribution is 0.0603. The Labute approximate surface area is 174 Å². The molecule has 0 spiro atoms. The Morgan fingerprint density at radius 2 is 1.81 bits per heavy atom. The number of anilines is 1. The first-order valence-corrected chi connectivity index (χ1v) is 9.90. The van der Waals surface area contributed by atoms with E-state index >= 15 is 0 Å². The summed E-state index contributed by atoms with van der Waals surface area (Å²) in [5.74, 6) is -0.102. The summed E-state index contributed by atoms with van der Waals surface area (Å²) in [4.78, 5) is 24.6. The normalized spacial score (nSPS) is 10.3. The molecule has 0 atom stereocenters. The number of rotatable bonds is 5. The number of methoxy groups -OCH3 is 2. The molecule has 27 heavy (non-hydrogen) atoms. The highest BCUT2D eigenvalue weighted by atomic mass is 127. The molecule has 0 bridgehead atoms. The molecule has 2 aromatic carbocycles. The van der Waals surface area contributed by atoms with Crippen molar-refractivity contribution in [2.45, 2.75) is 0 Å². The predicted octanol–water partition coefficient (Wildman–Crippen LogP) is 5.07. The van der Waals surface area contributed by atoms with Gasteiger partial charge in [0.25, 0.3) is 5.91 Å². The largest absolute Gasteiger partial charge is 0.494 e. The molecule has 7 heteroatoms. The Hall–Kier alpha value is -2.39. The maximum atomic E-state index is 12.3. The Bertz CT molecular complexity index is 982.